The second kappa shape index (κ2) is 3.34. The number of rotatable bonds is 1. The molecular weight excluding hydrogens is 182 g/mol. The Hall–Kier alpha value is -0.380. The van der Waals surface area contributed by atoms with Gasteiger partial charge in [0.2, 0.25) is 0 Å². The van der Waals surface area contributed by atoms with E-state index < -0.39 is 11.2 Å². The van der Waals surface area contributed by atoms with Crippen LogP contribution in [0.3, 0.4) is 0 Å². The van der Waals surface area contributed by atoms with Crippen molar-refractivity contribution < 1.29 is 4.55 Å². The third kappa shape index (κ3) is 2.02. The first-order valence-electron chi connectivity index (χ1n) is 2.99. The van der Waals surface area contributed by atoms with Crippen LogP contribution in [0.4, 0.5) is 5.69 Å². The standard InChI is InChI=1S/C7H8ClNOS/c1-11(10)7-3-2-5(8)4-6(7)9/h2-4H,9H2,1H3. The van der Waals surface area contributed by atoms with Gasteiger partial charge in [0.05, 0.1) is 5.69 Å². The first-order valence-corrected chi connectivity index (χ1v) is 4.93. The molecule has 1 rings (SSSR count). The van der Waals surface area contributed by atoms with Crippen molar-refractivity contribution in [3.63, 3.8) is 0 Å². The van der Waals surface area contributed by atoms with Gasteiger partial charge < -0.3 is 10.3 Å². The van der Waals surface area contributed by atoms with Crippen molar-refractivity contribution in [3.05, 3.63) is 23.2 Å². The third-order valence-electron chi connectivity index (χ3n) is 1.28. The first-order chi connectivity index (χ1) is 5.11. The number of nitrogens with two attached hydrogens (primary N) is 1. The molecule has 0 aromatic heterocycles. The summed E-state index contributed by atoms with van der Waals surface area (Å²) in [6.45, 7) is 0. The van der Waals surface area contributed by atoms with Gasteiger partial charge in [0.15, 0.2) is 4.90 Å². The maximum absolute atomic E-state index is 11.0. The van der Waals surface area contributed by atoms with Gasteiger partial charge in [-0.1, -0.05) is 11.6 Å². The lowest BCUT2D eigenvalue weighted by atomic mass is 10.3. The molecule has 0 fully saturated rings. The van der Waals surface area contributed by atoms with Gasteiger partial charge in [0.25, 0.3) is 0 Å². The summed E-state index contributed by atoms with van der Waals surface area (Å²) in [6, 6.07) is 4.95. The molecule has 0 aliphatic carbocycles. The minimum Gasteiger partial charge on any atom is -0.612 e. The van der Waals surface area contributed by atoms with Crippen molar-refractivity contribution in [3.8, 4) is 0 Å². The van der Waals surface area contributed by atoms with E-state index >= 15 is 0 Å². The largest absolute Gasteiger partial charge is 0.612 e. The molecule has 2 nitrogen and oxygen atoms in total. The van der Waals surface area contributed by atoms with Crippen LogP contribution in [0.2, 0.25) is 5.02 Å². The van der Waals surface area contributed by atoms with E-state index in [0.717, 1.165) is 0 Å². The number of halogens is 1. The van der Waals surface area contributed by atoms with E-state index in [-0.39, 0.29) is 0 Å². The van der Waals surface area contributed by atoms with E-state index in [9.17, 15) is 4.55 Å². The Bertz CT molecular complexity index is 265. The topological polar surface area (TPSA) is 49.1 Å². The summed E-state index contributed by atoms with van der Waals surface area (Å²) < 4.78 is 11.0. The Labute approximate surface area is 73.5 Å². The zero-order valence-corrected chi connectivity index (χ0v) is 7.58. The molecule has 1 atom stereocenters. The van der Waals surface area contributed by atoms with Crippen molar-refractivity contribution in [1.82, 2.24) is 0 Å². The van der Waals surface area contributed by atoms with Gasteiger partial charge in [-0.3, -0.25) is 0 Å². The van der Waals surface area contributed by atoms with Crippen molar-refractivity contribution in [1.29, 1.82) is 0 Å². The van der Waals surface area contributed by atoms with E-state index in [1.165, 1.54) is 0 Å². The molecule has 1 aromatic rings. The average Bonchev–Trinajstić information content (AvgIpc) is 1.85. The van der Waals surface area contributed by atoms with Crippen LogP contribution in [-0.2, 0) is 11.2 Å². The van der Waals surface area contributed by atoms with Crippen LogP contribution in [0.1, 0.15) is 0 Å². The average molecular weight is 190 g/mol. The highest BCUT2D eigenvalue weighted by atomic mass is 35.5. The Balaban J connectivity index is 3.09. The second-order valence-corrected chi connectivity index (χ2v) is 3.92. The zero-order valence-electron chi connectivity index (χ0n) is 6.00. The second-order valence-electron chi connectivity index (χ2n) is 2.14. The van der Waals surface area contributed by atoms with Gasteiger partial charge in [-0.25, -0.2) is 0 Å². The van der Waals surface area contributed by atoms with Gasteiger partial charge in [-0.05, 0) is 29.4 Å². The molecule has 1 unspecified atom stereocenters. The highest BCUT2D eigenvalue weighted by Gasteiger charge is 2.08. The molecule has 1 aromatic carbocycles. The third-order valence-corrected chi connectivity index (χ3v) is 2.51. The number of nitrogen functional groups attached to an aromatic ring is 1. The first kappa shape index (κ1) is 8.71. The van der Waals surface area contributed by atoms with Gasteiger partial charge in [-0.15, -0.1) is 0 Å². The van der Waals surface area contributed by atoms with Gasteiger partial charge in [-0.2, -0.15) is 0 Å². The Morgan fingerprint density at radius 2 is 2.18 bits per heavy atom. The van der Waals surface area contributed by atoms with Crippen molar-refractivity contribution >= 4 is 28.5 Å². The van der Waals surface area contributed by atoms with Gasteiger partial charge >= 0.3 is 0 Å². The van der Waals surface area contributed by atoms with Crippen molar-refractivity contribution in [2.75, 3.05) is 12.0 Å². The predicted octanol–water partition coefficient (Wildman–Crippen LogP) is 1.66. The SMILES string of the molecule is C[S+]([O-])c1ccc(Cl)cc1N. The number of hydrogen-bond donors (Lipinski definition) is 1. The van der Waals surface area contributed by atoms with Crippen LogP contribution in [0.5, 0.6) is 0 Å². The summed E-state index contributed by atoms with van der Waals surface area (Å²) in [4.78, 5) is 0.634. The lowest BCUT2D eigenvalue weighted by Gasteiger charge is -2.06. The van der Waals surface area contributed by atoms with Crippen LogP contribution in [0, 0.1) is 0 Å². The molecule has 0 saturated carbocycles. The highest BCUT2D eigenvalue weighted by Crippen LogP contribution is 2.21. The van der Waals surface area contributed by atoms with Gasteiger partial charge in [0, 0.05) is 5.02 Å². The quantitative estimate of drug-likeness (QED) is 0.540. The maximum atomic E-state index is 11.0. The zero-order chi connectivity index (χ0) is 8.43. The number of hydrogen-bond acceptors (Lipinski definition) is 2. The summed E-state index contributed by atoms with van der Waals surface area (Å²) in [5.74, 6) is 0. The van der Waals surface area contributed by atoms with Gasteiger partial charge in [0.1, 0.15) is 6.26 Å². The molecule has 0 spiro atoms. The normalized spacial score (nSPS) is 13.0. The van der Waals surface area contributed by atoms with Crippen LogP contribution in [0.15, 0.2) is 23.1 Å². The predicted molar refractivity (Wildman–Crippen MR) is 48.2 cm³/mol. The lowest BCUT2D eigenvalue weighted by molar-refractivity contribution is 0.601. The molecule has 2 N–H and O–H groups in total. The number of benzene rings is 1. The van der Waals surface area contributed by atoms with Crippen molar-refractivity contribution in [2.24, 2.45) is 0 Å². The van der Waals surface area contributed by atoms with Crippen LogP contribution in [-0.4, -0.2) is 10.8 Å². The highest BCUT2D eigenvalue weighted by molar-refractivity contribution is 7.90. The van der Waals surface area contributed by atoms with E-state index in [0.29, 0.717) is 15.6 Å². The van der Waals surface area contributed by atoms with E-state index in [1.807, 2.05) is 0 Å². The molecule has 0 radical (unpaired) electrons. The molecule has 0 bridgehead atoms. The molecule has 11 heavy (non-hydrogen) atoms. The maximum Gasteiger partial charge on any atom is 0.175 e. The van der Waals surface area contributed by atoms with Crippen molar-refractivity contribution in [2.45, 2.75) is 4.90 Å². The van der Waals surface area contributed by atoms with Crippen LogP contribution in [0.25, 0.3) is 0 Å². The Morgan fingerprint density at radius 1 is 1.55 bits per heavy atom. The smallest absolute Gasteiger partial charge is 0.175 e. The number of anilines is 1. The van der Waals surface area contributed by atoms with E-state index in [1.54, 1.807) is 24.5 Å². The summed E-state index contributed by atoms with van der Waals surface area (Å²) in [5, 5.41) is 0.566. The fraction of sp³-hybridized carbons (Fsp3) is 0.143. The molecule has 0 amide bonds. The summed E-state index contributed by atoms with van der Waals surface area (Å²) in [6.07, 6.45) is 1.58. The lowest BCUT2D eigenvalue weighted by Crippen LogP contribution is -2.01. The van der Waals surface area contributed by atoms with Crippen LogP contribution < -0.4 is 5.73 Å². The molecule has 4 heteroatoms. The minimum atomic E-state index is -1.03. The fourth-order valence-corrected chi connectivity index (χ4v) is 1.61. The Kier molecular flexibility index (Phi) is 2.65. The molecule has 60 valence electrons. The molecule has 0 aliphatic rings. The molecule has 0 saturated heterocycles. The summed E-state index contributed by atoms with van der Waals surface area (Å²) in [7, 11) is 0. The minimum absolute atomic E-state index is 0.485. The molecule has 0 aliphatic heterocycles. The molecule has 0 heterocycles. The summed E-state index contributed by atoms with van der Waals surface area (Å²) >= 11 is 4.61. The van der Waals surface area contributed by atoms with Crippen LogP contribution >= 0.6 is 11.6 Å². The fourth-order valence-electron chi connectivity index (χ4n) is 0.781. The molecular formula is C7H8ClNOS. The summed E-state index contributed by atoms with van der Waals surface area (Å²) in [5.41, 5.74) is 6.03. The van der Waals surface area contributed by atoms with E-state index in [4.69, 9.17) is 17.3 Å². The Morgan fingerprint density at radius 3 is 2.64 bits per heavy atom. The monoisotopic (exact) mass is 189 g/mol. The van der Waals surface area contributed by atoms with E-state index in [2.05, 4.69) is 0 Å².